The zero-order valence-electron chi connectivity index (χ0n) is 19.2. The molecule has 0 bridgehead atoms. The molecule has 1 N–H and O–H groups in total. The number of hydrogen-bond acceptors (Lipinski definition) is 8. The maximum absolute atomic E-state index is 12.8. The Hall–Kier alpha value is -3.75. The zero-order valence-corrected chi connectivity index (χ0v) is 19.2. The molecule has 2 heterocycles. The molecule has 1 amide bonds. The molecular formula is C24H27N5O4. The molecular weight excluding hydrogens is 422 g/mol. The molecule has 2 aromatic heterocycles. The van der Waals surface area contributed by atoms with E-state index in [1.54, 1.807) is 43.0 Å². The van der Waals surface area contributed by atoms with Crippen LogP contribution in [0.4, 0.5) is 0 Å². The van der Waals surface area contributed by atoms with Gasteiger partial charge in [0.25, 0.3) is 5.91 Å². The Morgan fingerprint density at radius 3 is 2.55 bits per heavy atom. The van der Waals surface area contributed by atoms with E-state index in [9.17, 15) is 4.79 Å². The van der Waals surface area contributed by atoms with E-state index in [1.807, 2.05) is 0 Å². The van der Waals surface area contributed by atoms with Gasteiger partial charge in [0.1, 0.15) is 5.69 Å². The first-order valence-electron chi connectivity index (χ1n) is 10.7. The van der Waals surface area contributed by atoms with Gasteiger partial charge in [0.2, 0.25) is 5.75 Å². The fraction of sp³-hybridized carbons (Fsp3) is 0.375. The summed E-state index contributed by atoms with van der Waals surface area (Å²) in [6.07, 6.45) is 8.17. The highest BCUT2D eigenvalue weighted by Gasteiger charge is 2.34. The summed E-state index contributed by atoms with van der Waals surface area (Å²) in [4.78, 5) is 30.4. The summed E-state index contributed by atoms with van der Waals surface area (Å²) in [5.41, 5.74) is 2.37. The van der Waals surface area contributed by atoms with Gasteiger partial charge in [-0.25, -0.2) is 15.0 Å². The maximum Gasteiger partial charge on any atom is 0.258 e. The predicted molar refractivity (Wildman–Crippen MR) is 121 cm³/mol. The normalized spacial score (nSPS) is 16.4. The number of hydrogen-bond donors (Lipinski definition) is 1. The number of nitrogens with one attached hydrogen (secondary N) is 1. The van der Waals surface area contributed by atoms with Crippen molar-refractivity contribution in [2.75, 3.05) is 20.8 Å². The monoisotopic (exact) mass is 449 g/mol. The number of benzene rings is 1. The Morgan fingerprint density at radius 2 is 1.88 bits per heavy atom. The van der Waals surface area contributed by atoms with Gasteiger partial charge in [0.15, 0.2) is 23.9 Å². The van der Waals surface area contributed by atoms with Crippen molar-refractivity contribution >= 4 is 5.91 Å². The van der Waals surface area contributed by atoms with E-state index in [-0.39, 0.29) is 24.0 Å². The van der Waals surface area contributed by atoms with Crippen LogP contribution in [0.25, 0.3) is 11.5 Å². The van der Waals surface area contributed by atoms with Gasteiger partial charge in [-0.15, -0.1) is 0 Å². The molecule has 3 aromatic rings. The van der Waals surface area contributed by atoms with Gasteiger partial charge in [-0.05, 0) is 30.4 Å². The van der Waals surface area contributed by atoms with E-state index >= 15 is 0 Å². The quantitative estimate of drug-likeness (QED) is 0.586. The first kappa shape index (κ1) is 22.4. The zero-order chi connectivity index (χ0) is 23.4. The van der Waals surface area contributed by atoms with E-state index in [0.29, 0.717) is 28.8 Å². The number of para-hydroxylation sites is 1. The average molecular weight is 450 g/mol. The molecule has 0 saturated carbocycles. The van der Waals surface area contributed by atoms with E-state index in [4.69, 9.17) is 19.2 Å². The molecule has 172 valence electrons. The molecule has 33 heavy (non-hydrogen) atoms. The summed E-state index contributed by atoms with van der Waals surface area (Å²) < 4.78 is 16.4. The van der Waals surface area contributed by atoms with Crippen LogP contribution >= 0.6 is 0 Å². The van der Waals surface area contributed by atoms with Gasteiger partial charge in [-0.1, -0.05) is 19.9 Å². The summed E-state index contributed by atoms with van der Waals surface area (Å²) >= 11 is 0. The molecule has 0 radical (unpaired) electrons. The first-order chi connectivity index (χ1) is 15.9. The minimum Gasteiger partial charge on any atom is -0.493 e. The summed E-state index contributed by atoms with van der Waals surface area (Å²) in [5.74, 6) is 1.65. The smallest absolute Gasteiger partial charge is 0.258 e. The maximum atomic E-state index is 12.8. The lowest BCUT2D eigenvalue weighted by Gasteiger charge is -2.36. The van der Waals surface area contributed by atoms with Crippen LogP contribution in [0, 0.1) is 5.41 Å². The number of carbonyl (C=O) groups excluding carboxylic acids is 1. The molecule has 1 atom stereocenters. The number of nitrogens with zero attached hydrogens (tertiary/aromatic N) is 4. The van der Waals surface area contributed by atoms with Gasteiger partial charge >= 0.3 is 0 Å². The molecule has 9 heteroatoms. The molecule has 1 aliphatic rings. The van der Waals surface area contributed by atoms with E-state index < -0.39 is 0 Å². The highest BCUT2D eigenvalue weighted by molar-refractivity contribution is 5.78. The van der Waals surface area contributed by atoms with Crippen LogP contribution in [-0.2, 0) is 11.2 Å². The third kappa shape index (κ3) is 5.02. The molecule has 0 fully saturated rings. The Labute approximate surface area is 192 Å². The number of rotatable bonds is 7. The van der Waals surface area contributed by atoms with Gasteiger partial charge in [0, 0.05) is 24.2 Å². The predicted octanol–water partition coefficient (Wildman–Crippen LogP) is 3.16. The van der Waals surface area contributed by atoms with Crippen LogP contribution in [0.5, 0.6) is 17.2 Å². The minimum absolute atomic E-state index is 0.0499. The van der Waals surface area contributed by atoms with Crippen molar-refractivity contribution in [3.63, 3.8) is 0 Å². The topological polar surface area (TPSA) is 108 Å². The molecule has 0 saturated heterocycles. The number of carbonyl (C=O) groups is 1. The van der Waals surface area contributed by atoms with E-state index in [0.717, 1.165) is 24.1 Å². The second-order valence-electron chi connectivity index (χ2n) is 8.63. The largest absolute Gasteiger partial charge is 0.493 e. The summed E-state index contributed by atoms with van der Waals surface area (Å²) in [6, 6.07) is 5.07. The fourth-order valence-electron chi connectivity index (χ4n) is 4.05. The third-order valence-electron chi connectivity index (χ3n) is 5.54. The van der Waals surface area contributed by atoms with E-state index in [2.05, 4.69) is 34.1 Å². The van der Waals surface area contributed by atoms with Gasteiger partial charge in [-0.3, -0.25) is 9.78 Å². The van der Waals surface area contributed by atoms with Crippen molar-refractivity contribution in [2.45, 2.75) is 32.7 Å². The molecule has 1 unspecified atom stereocenters. The average Bonchev–Trinajstić information content (AvgIpc) is 2.81. The van der Waals surface area contributed by atoms with Crippen LogP contribution in [0.1, 0.15) is 37.6 Å². The molecule has 0 aliphatic heterocycles. The van der Waals surface area contributed by atoms with Crippen LogP contribution in [0.15, 0.2) is 43.0 Å². The van der Waals surface area contributed by atoms with Crippen molar-refractivity contribution in [1.29, 1.82) is 0 Å². The SMILES string of the molecule is COc1cccc(OC)c1OCC(=O)NC1CC(C)(C)Cc2nc(-c3cnccn3)ncc21. The van der Waals surface area contributed by atoms with Crippen LogP contribution in [0.2, 0.25) is 0 Å². The number of methoxy groups -OCH3 is 2. The Kier molecular flexibility index (Phi) is 6.39. The van der Waals surface area contributed by atoms with Crippen LogP contribution in [0.3, 0.4) is 0 Å². The number of ether oxygens (including phenoxy) is 3. The Morgan fingerprint density at radius 1 is 1.12 bits per heavy atom. The second-order valence-corrected chi connectivity index (χ2v) is 8.63. The fourth-order valence-corrected chi connectivity index (χ4v) is 4.05. The third-order valence-corrected chi connectivity index (χ3v) is 5.54. The lowest BCUT2D eigenvalue weighted by molar-refractivity contribution is -0.124. The Bertz CT molecular complexity index is 1110. The lowest BCUT2D eigenvalue weighted by atomic mass is 9.74. The molecule has 9 nitrogen and oxygen atoms in total. The summed E-state index contributed by atoms with van der Waals surface area (Å²) in [6.45, 7) is 4.15. The highest BCUT2D eigenvalue weighted by Crippen LogP contribution is 2.40. The molecule has 4 rings (SSSR count). The van der Waals surface area contributed by atoms with Crippen molar-refractivity contribution in [3.05, 3.63) is 54.2 Å². The lowest BCUT2D eigenvalue weighted by Crippen LogP contribution is -2.39. The summed E-state index contributed by atoms with van der Waals surface area (Å²) in [5, 5.41) is 3.08. The first-order valence-corrected chi connectivity index (χ1v) is 10.7. The number of fused-ring (bicyclic) bond motifs is 1. The number of amides is 1. The standard InChI is InChI=1S/C24H27N5O4/c1-24(2)10-16(15-12-27-23(29-17(15)11-24)18-13-25-8-9-26-18)28-21(30)14-33-22-19(31-3)6-5-7-20(22)32-4/h5-9,12-13,16H,10-11,14H2,1-4H3,(H,28,30). The second kappa shape index (κ2) is 9.40. The highest BCUT2D eigenvalue weighted by atomic mass is 16.5. The molecule has 1 aromatic carbocycles. The van der Waals surface area contributed by atoms with Crippen molar-refractivity contribution < 1.29 is 19.0 Å². The van der Waals surface area contributed by atoms with Gasteiger partial charge in [-0.2, -0.15) is 0 Å². The molecule has 1 aliphatic carbocycles. The van der Waals surface area contributed by atoms with Crippen molar-refractivity contribution in [1.82, 2.24) is 25.3 Å². The van der Waals surface area contributed by atoms with Crippen molar-refractivity contribution in [3.8, 4) is 28.8 Å². The van der Waals surface area contributed by atoms with E-state index in [1.165, 1.54) is 14.2 Å². The number of aromatic nitrogens is 4. The van der Waals surface area contributed by atoms with Crippen molar-refractivity contribution in [2.24, 2.45) is 5.41 Å². The van der Waals surface area contributed by atoms with Gasteiger partial charge < -0.3 is 19.5 Å². The van der Waals surface area contributed by atoms with Crippen LogP contribution in [-0.4, -0.2) is 46.7 Å². The Balaban J connectivity index is 1.51. The van der Waals surface area contributed by atoms with Crippen LogP contribution < -0.4 is 19.5 Å². The molecule has 0 spiro atoms. The minimum atomic E-state index is -0.255. The van der Waals surface area contributed by atoms with Gasteiger partial charge in [0.05, 0.1) is 32.2 Å². The summed E-state index contributed by atoms with van der Waals surface area (Å²) in [7, 11) is 3.08.